The summed E-state index contributed by atoms with van der Waals surface area (Å²) in [6.07, 6.45) is 4.39. The van der Waals surface area contributed by atoms with Gasteiger partial charge in [-0.2, -0.15) is 0 Å². The summed E-state index contributed by atoms with van der Waals surface area (Å²) in [7, 11) is 1.93. The van der Waals surface area contributed by atoms with Crippen molar-refractivity contribution >= 4 is 5.91 Å². The van der Waals surface area contributed by atoms with Gasteiger partial charge < -0.3 is 10.2 Å². The summed E-state index contributed by atoms with van der Waals surface area (Å²) in [6.45, 7) is 3.21. The summed E-state index contributed by atoms with van der Waals surface area (Å²) < 4.78 is 0. The van der Waals surface area contributed by atoms with E-state index in [2.05, 4.69) is 5.32 Å². The molecule has 13 heavy (non-hydrogen) atoms. The molecule has 2 fully saturated rings. The van der Waals surface area contributed by atoms with Crippen molar-refractivity contribution in [2.75, 3.05) is 26.7 Å². The second-order valence-corrected chi connectivity index (χ2v) is 4.53. The highest BCUT2D eigenvalue weighted by Gasteiger charge is 2.37. The highest BCUT2D eigenvalue weighted by molar-refractivity contribution is 5.76. The Kier molecular flexibility index (Phi) is 2.28. The van der Waals surface area contributed by atoms with Crippen molar-refractivity contribution in [1.29, 1.82) is 0 Å². The molecule has 2 saturated heterocycles. The molecule has 0 aromatic rings. The van der Waals surface area contributed by atoms with Crippen LogP contribution >= 0.6 is 0 Å². The molecule has 2 aliphatic rings. The third kappa shape index (κ3) is 1.70. The Hall–Kier alpha value is -0.570. The zero-order valence-electron chi connectivity index (χ0n) is 8.31. The van der Waals surface area contributed by atoms with E-state index in [-0.39, 0.29) is 0 Å². The van der Waals surface area contributed by atoms with Crippen molar-refractivity contribution < 1.29 is 4.79 Å². The lowest BCUT2D eigenvalue weighted by Gasteiger charge is -2.44. The smallest absolute Gasteiger partial charge is 0.222 e. The Morgan fingerprint density at radius 1 is 1.46 bits per heavy atom. The van der Waals surface area contributed by atoms with Crippen molar-refractivity contribution in [3.8, 4) is 0 Å². The molecule has 0 aromatic heterocycles. The number of rotatable bonds is 0. The molecule has 1 N–H and O–H groups in total. The van der Waals surface area contributed by atoms with E-state index in [1.807, 2.05) is 11.9 Å². The molecule has 74 valence electrons. The normalized spacial score (nSPS) is 35.5. The highest BCUT2D eigenvalue weighted by atomic mass is 16.2. The number of hydrogen-bond acceptors (Lipinski definition) is 2. The second-order valence-electron chi connectivity index (χ2n) is 4.53. The van der Waals surface area contributed by atoms with E-state index in [0.717, 1.165) is 32.5 Å². The number of nitrogens with one attached hydrogen (secondary N) is 1. The summed E-state index contributed by atoms with van der Waals surface area (Å²) in [4.78, 5) is 13.2. The van der Waals surface area contributed by atoms with Gasteiger partial charge >= 0.3 is 0 Å². The van der Waals surface area contributed by atoms with Gasteiger partial charge in [-0.05, 0) is 25.8 Å². The number of hydrogen-bond donors (Lipinski definition) is 1. The summed E-state index contributed by atoms with van der Waals surface area (Å²) in [5, 5.41) is 3.44. The van der Waals surface area contributed by atoms with E-state index in [0.29, 0.717) is 11.3 Å². The largest absolute Gasteiger partial charge is 0.345 e. The molecule has 0 unspecified atom stereocenters. The van der Waals surface area contributed by atoms with Gasteiger partial charge in [0.25, 0.3) is 0 Å². The fourth-order valence-electron chi connectivity index (χ4n) is 2.61. The number of nitrogens with zero attached hydrogens (tertiary/aromatic N) is 1. The predicted molar refractivity (Wildman–Crippen MR) is 51.4 cm³/mol. The van der Waals surface area contributed by atoms with Crippen LogP contribution < -0.4 is 5.32 Å². The Balaban J connectivity index is 2.02. The van der Waals surface area contributed by atoms with Gasteiger partial charge in [0.05, 0.1) is 0 Å². The molecule has 0 aliphatic carbocycles. The van der Waals surface area contributed by atoms with Crippen LogP contribution in [0.4, 0.5) is 0 Å². The number of carbonyl (C=O) groups excluding carboxylic acids is 1. The molecule has 0 bridgehead atoms. The number of amides is 1. The first kappa shape index (κ1) is 9.00. The average Bonchev–Trinajstić information content (AvgIpc) is 2.14. The van der Waals surface area contributed by atoms with Crippen molar-refractivity contribution in [3.05, 3.63) is 0 Å². The predicted octanol–water partition coefficient (Wildman–Crippen LogP) is 0.608. The number of carbonyl (C=O) groups is 1. The van der Waals surface area contributed by atoms with Crippen LogP contribution in [0.1, 0.15) is 25.7 Å². The first-order valence-electron chi connectivity index (χ1n) is 5.17. The molecule has 1 amide bonds. The van der Waals surface area contributed by atoms with Crippen LogP contribution in [0.5, 0.6) is 0 Å². The van der Waals surface area contributed by atoms with Gasteiger partial charge in [-0.25, -0.2) is 0 Å². The van der Waals surface area contributed by atoms with Crippen molar-refractivity contribution in [2.45, 2.75) is 25.7 Å². The molecule has 3 nitrogen and oxygen atoms in total. The van der Waals surface area contributed by atoms with Crippen molar-refractivity contribution in [1.82, 2.24) is 10.2 Å². The van der Waals surface area contributed by atoms with E-state index in [1.54, 1.807) is 0 Å². The van der Waals surface area contributed by atoms with Crippen LogP contribution in [-0.4, -0.2) is 37.5 Å². The van der Waals surface area contributed by atoms with Gasteiger partial charge in [-0.3, -0.25) is 4.79 Å². The molecular weight excluding hydrogens is 164 g/mol. The minimum Gasteiger partial charge on any atom is -0.345 e. The average molecular weight is 182 g/mol. The van der Waals surface area contributed by atoms with Gasteiger partial charge in [0.2, 0.25) is 5.91 Å². The van der Waals surface area contributed by atoms with Crippen LogP contribution in [0.2, 0.25) is 0 Å². The van der Waals surface area contributed by atoms with Gasteiger partial charge in [-0.15, -0.1) is 0 Å². The lowest BCUT2D eigenvalue weighted by molar-refractivity contribution is -0.136. The molecule has 0 radical (unpaired) electrons. The molecule has 0 saturated carbocycles. The monoisotopic (exact) mass is 182 g/mol. The van der Waals surface area contributed by atoms with E-state index >= 15 is 0 Å². The first-order chi connectivity index (χ1) is 6.22. The SMILES string of the molecule is CN1C[C@]2(CCCNC2)CCC1=O. The minimum atomic E-state index is 0.316. The fourth-order valence-corrected chi connectivity index (χ4v) is 2.61. The quantitative estimate of drug-likeness (QED) is 0.595. The standard InChI is InChI=1S/C10H18N2O/c1-12-8-10(5-3-9(12)13)4-2-6-11-7-10/h11H,2-8H2,1H3/t10-/m1/s1. The third-order valence-corrected chi connectivity index (χ3v) is 3.43. The highest BCUT2D eigenvalue weighted by Crippen LogP contribution is 2.35. The molecule has 1 atom stereocenters. The van der Waals surface area contributed by atoms with Crippen LogP contribution in [0.3, 0.4) is 0 Å². The van der Waals surface area contributed by atoms with E-state index in [9.17, 15) is 4.79 Å². The summed E-state index contributed by atoms with van der Waals surface area (Å²) in [5.41, 5.74) is 0.404. The van der Waals surface area contributed by atoms with Crippen LogP contribution in [0.15, 0.2) is 0 Å². The Morgan fingerprint density at radius 3 is 2.92 bits per heavy atom. The Labute approximate surface area is 79.5 Å². The van der Waals surface area contributed by atoms with E-state index in [4.69, 9.17) is 0 Å². The number of piperidine rings is 2. The zero-order chi connectivity index (χ0) is 9.31. The summed E-state index contributed by atoms with van der Waals surface area (Å²) in [6, 6.07) is 0. The van der Waals surface area contributed by atoms with E-state index < -0.39 is 0 Å². The third-order valence-electron chi connectivity index (χ3n) is 3.43. The zero-order valence-corrected chi connectivity index (χ0v) is 8.31. The molecule has 0 aromatic carbocycles. The topological polar surface area (TPSA) is 32.3 Å². The van der Waals surface area contributed by atoms with Crippen LogP contribution in [0, 0.1) is 5.41 Å². The second kappa shape index (κ2) is 3.29. The fraction of sp³-hybridized carbons (Fsp3) is 0.900. The Morgan fingerprint density at radius 2 is 2.31 bits per heavy atom. The first-order valence-corrected chi connectivity index (χ1v) is 5.17. The molecule has 2 rings (SSSR count). The van der Waals surface area contributed by atoms with Gasteiger partial charge in [0.15, 0.2) is 0 Å². The minimum absolute atomic E-state index is 0.316. The maximum atomic E-state index is 11.3. The summed E-state index contributed by atoms with van der Waals surface area (Å²) in [5.74, 6) is 0.316. The van der Waals surface area contributed by atoms with Gasteiger partial charge in [0, 0.05) is 32.0 Å². The number of likely N-dealkylation sites (tertiary alicyclic amines) is 1. The molecular formula is C10H18N2O. The summed E-state index contributed by atoms with van der Waals surface area (Å²) >= 11 is 0. The molecule has 3 heteroatoms. The molecule has 2 heterocycles. The van der Waals surface area contributed by atoms with Crippen LogP contribution in [0.25, 0.3) is 0 Å². The van der Waals surface area contributed by atoms with Crippen molar-refractivity contribution in [2.24, 2.45) is 5.41 Å². The molecule has 2 aliphatic heterocycles. The van der Waals surface area contributed by atoms with Crippen LogP contribution in [-0.2, 0) is 4.79 Å². The maximum Gasteiger partial charge on any atom is 0.222 e. The lowest BCUT2D eigenvalue weighted by Crippen LogP contribution is -2.51. The Bertz CT molecular complexity index is 209. The van der Waals surface area contributed by atoms with E-state index in [1.165, 1.54) is 12.8 Å². The van der Waals surface area contributed by atoms with Crippen molar-refractivity contribution in [3.63, 3.8) is 0 Å². The lowest BCUT2D eigenvalue weighted by atomic mass is 9.74. The molecule has 1 spiro atoms. The van der Waals surface area contributed by atoms with Gasteiger partial charge in [-0.1, -0.05) is 0 Å². The van der Waals surface area contributed by atoms with Gasteiger partial charge in [0.1, 0.15) is 0 Å². The maximum absolute atomic E-state index is 11.3.